The van der Waals surface area contributed by atoms with Crippen LogP contribution >= 0.6 is 29.1 Å². The van der Waals surface area contributed by atoms with Gasteiger partial charge in [0.25, 0.3) is 16.0 Å². The molecule has 1 atom stereocenters. The number of benzene rings is 3. The van der Waals surface area contributed by atoms with Crippen LogP contribution in [0.2, 0.25) is 0 Å². The number of anilines is 2. The van der Waals surface area contributed by atoms with Crippen LogP contribution < -0.4 is 15.7 Å². The highest BCUT2D eigenvalue weighted by Crippen LogP contribution is 2.46. The number of rotatable bonds is 13. The summed E-state index contributed by atoms with van der Waals surface area (Å²) in [7, 11) is -4.55. The fourth-order valence-electron chi connectivity index (χ4n) is 3.52. The molecule has 0 fully saturated rings. The van der Waals surface area contributed by atoms with Crippen molar-refractivity contribution in [1.29, 1.82) is 0 Å². The molecule has 3 aromatic carbocycles. The van der Waals surface area contributed by atoms with E-state index < -0.39 is 17.6 Å². The molecule has 0 aromatic heterocycles. The first kappa shape index (κ1) is 31.9. The van der Waals surface area contributed by atoms with E-state index in [2.05, 4.69) is 42.2 Å². The Morgan fingerprint density at radius 2 is 1.73 bits per heavy atom. The van der Waals surface area contributed by atoms with Gasteiger partial charge in [0.05, 0.1) is 6.61 Å². The number of fused-ring (bicyclic) bond motifs is 1. The van der Waals surface area contributed by atoms with Crippen LogP contribution in [-0.2, 0) is 19.2 Å². The quantitative estimate of drug-likeness (QED) is 0.0565. The van der Waals surface area contributed by atoms with Crippen LogP contribution in [0.25, 0.3) is 10.8 Å². The molecule has 0 bridgehead atoms. The number of terminal acetylenes is 1. The third-order valence-electron chi connectivity index (χ3n) is 5.23. The van der Waals surface area contributed by atoms with Gasteiger partial charge in [-0.25, -0.2) is 0 Å². The Labute approximate surface area is 243 Å². The van der Waals surface area contributed by atoms with Gasteiger partial charge in [0.15, 0.2) is 0 Å². The van der Waals surface area contributed by atoms with E-state index in [0.717, 1.165) is 0 Å². The summed E-state index contributed by atoms with van der Waals surface area (Å²) in [5.74, 6) is 0.333. The monoisotopic (exact) mass is 621 g/mol. The van der Waals surface area contributed by atoms with Crippen molar-refractivity contribution < 1.29 is 26.9 Å². The van der Waals surface area contributed by atoms with E-state index in [-0.39, 0.29) is 22.2 Å². The van der Waals surface area contributed by atoms with Gasteiger partial charge in [-0.15, -0.1) is 6.42 Å². The molecule has 1 amide bonds. The van der Waals surface area contributed by atoms with Crippen LogP contribution in [0.1, 0.15) is 31.1 Å². The summed E-state index contributed by atoms with van der Waals surface area (Å²) in [4.78, 5) is 12.4. The van der Waals surface area contributed by atoms with E-state index in [1.165, 1.54) is 6.07 Å². The number of amides is 1. The molecule has 9 nitrogen and oxygen atoms in total. The zero-order valence-corrected chi connectivity index (χ0v) is 25.7. The molecular formula is C27H32N3O6PS3. The molecule has 0 aliphatic carbocycles. The zero-order chi connectivity index (χ0) is 29.4. The lowest BCUT2D eigenvalue weighted by molar-refractivity contribution is 0.0955. The topological polar surface area (TPSA) is 134 Å². The van der Waals surface area contributed by atoms with Crippen LogP contribution in [0, 0.1) is 12.1 Å². The minimum absolute atomic E-state index is 0.110. The summed E-state index contributed by atoms with van der Waals surface area (Å²) in [6, 6.07) is 16.1. The van der Waals surface area contributed by atoms with Crippen molar-refractivity contribution in [2.75, 3.05) is 35.9 Å². The summed E-state index contributed by atoms with van der Waals surface area (Å²) in [5.41, 5.74) is 3.76. The molecule has 3 rings (SSSR count). The molecule has 0 aliphatic rings. The van der Waals surface area contributed by atoms with Crippen LogP contribution in [0.5, 0.6) is 0 Å². The van der Waals surface area contributed by atoms with Gasteiger partial charge in [-0.1, -0.05) is 66.6 Å². The Kier molecular flexibility index (Phi) is 11.0. The maximum atomic E-state index is 12.9. The summed E-state index contributed by atoms with van der Waals surface area (Å²) >= 11 is 0. The van der Waals surface area contributed by atoms with Crippen LogP contribution in [0.4, 0.5) is 11.4 Å². The molecule has 1 unspecified atom stereocenters. The SMILES string of the molecule is C#CP(=O)(Nc1ccc(C(=O)NCCNc2cccc3c(S(=O)(=O)O)cccc23)cc1)OCCSSC(C)(C)C. The van der Waals surface area contributed by atoms with E-state index in [9.17, 15) is 22.3 Å². The summed E-state index contributed by atoms with van der Waals surface area (Å²) in [5, 5.41) is 9.77. The van der Waals surface area contributed by atoms with Crippen molar-refractivity contribution in [3.05, 3.63) is 66.2 Å². The Hall–Kier alpha value is -2.65. The van der Waals surface area contributed by atoms with Gasteiger partial charge in [-0.2, -0.15) is 8.42 Å². The van der Waals surface area contributed by atoms with Gasteiger partial charge in [0.2, 0.25) is 0 Å². The highest BCUT2D eigenvalue weighted by Gasteiger charge is 2.21. The molecule has 214 valence electrons. The van der Waals surface area contributed by atoms with Gasteiger partial charge in [0.1, 0.15) is 4.90 Å². The molecule has 0 aliphatic heterocycles. The number of hydrogen-bond acceptors (Lipinski definition) is 8. The van der Waals surface area contributed by atoms with Gasteiger partial charge >= 0.3 is 7.52 Å². The minimum Gasteiger partial charge on any atom is -0.383 e. The molecule has 0 spiro atoms. The van der Waals surface area contributed by atoms with Crippen molar-refractivity contribution in [3.8, 4) is 12.1 Å². The van der Waals surface area contributed by atoms with Crippen molar-refractivity contribution in [2.45, 2.75) is 30.4 Å². The largest absolute Gasteiger partial charge is 0.383 e. The van der Waals surface area contributed by atoms with Crippen LogP contribution in [0.3, 0.4) is 0 Å². The first-order chi connectivity index (χ1) is 18.8. The Bertz CT molecular complexity index is 1530. The van der Waals surface area contributed by atoms with E-state index in [0.29, 0.717) is 46.6 Å². The third kappa shape index (κ3) is 9.47. The molecule has 0 saturated carbocycles. The fourth-order valence-corrected chi connectivity index (χ4v) is 7.50. The summed E-state index contributed by atoms with van der Waals surface area (Å²) in [6.45, 7) is 7.22. The van der Waals surface area contributed by atoms with Crippen LogP contribution in [-0.4, -0.2) is 49.1 Å². The van der Waals surface area contributed by atoms with E-state index in [1.807, 2.05) is 0 Å². The molecule has 4 N–H and O–H groups in total. The molecule has 0 radical (unpaired) electrons. The maximum absolute atomic E-state index is 12.9. The Morgan fingerprint density at radius 3 is 2.38 bits per heavy atom. The van der Waals surface area contributed by atoms with Crippen molar-refractivity contribution in [3.63, 3.8) is 0 Å². The van der Waals surface area contributed by atoms with E-state index in [1.54, 1.807) is 76.2 Å². The lowest BCUT2D eigenvalue weighted by atomic mass is 10.1. The average Bonchev–Trinajstić information content (AvgIpc) is 2.89. The molecule has 40 heavy (non-hydrogen) atoms. The first-order valence-electron chi connectivity index (χ1n) is 12.2. The van der Waals surface area contributed by atoms with E-state index in [4.69, 9.17) is 10.9 Å². The zero-order valence-electron chi connectivity index (χ0n) is 22.3. The average molecular weight is 622 g/mol. The second kappa shape index (κ2) is 13.8. The van der Waals surface area contributed by atoms with Gasteiger partial charge in [-0.05, 0) is 36.4 Å². The molecule has 13 heteroatoms. The summed E-state index contributed by atoms with van der Waals surface area (Å²) < 4.78 is 51.3. The predicted octanol–water partition coefficient (Wildman–Crippen LogP) is 6.32. The molecular weight excluding hydrogens is 589 g/mol. The molecule has 0 heterocycles. The predicted molar refractivity (Wildman–Crippen MR) is 167 cm³/mol. The fraction of sp³-hybridized carbons (Fsp3) is 0.296. The van der Waals surface area contributed by atoms with Crippen molar-refractivity contribution in [2.24, 2.45) is 0 Å². The van der Waals surface area contributed by atoms with Crippen LogP contribution in [0.15, 0.2) is 65.6 Å². The number of carbonyl (C=O) groups excluding carboxylic acids is 1. The standard InChI is InChI=1S/C27H32N3O6PS3/c1-5-37(32,36-18-19-38-39-27(2,3)4)30-21-14-12-20(13-15-21)26(31)29-17-16-28-24-10-6-9-23-22(24)8-7-11-25(23)40(33,34)35/h1,6-15,28H,16-19H2,2-4H3,(H,29,31)(H,30,32)(H,33,34,35). The first-order valence-corrected chi connectivity index (χ1v) is 17.6. The number of carbonyl (C=O) groups is 1. The second-order valence-corrected chi connectivity index (χ2v) is 16.0. The lowest BCUT2D eigenvalue weighted by Gasteiger charge is -2.18. The minimum atomic E-state index is -4.36. The van der Waals surface area contributed by atoms with Gasteiger partial charge in [0, 0.05) is 57.0 Å². The maximum Gasteiger partial charge on any atom is 0.367 e. The molecule has 0 saturated heterocycles. The van der Waals surface area contributed by atoms with E-state index >= 15 is 0 Å². The Balaban J connectivity index is 1.50. The smallest absolute Gasteiger partial charge is 0.367 e. The molecule has 3 aromatic rings. The lowest BCUT2D eigenvalue weighted by Crippen LogP contribution is -2.28. The summed E-state index contributed by atoms with van der Waals surface area (Å²) in [6.07, 6.45) is 5.46. The number of nitrogens with one attached hydrogen (secondary N) is 3. The second-order valence-electron chi connectivity index (χ2n) is 9.54. The highest BCUT2D eigenvalue weighted by molar-refractivity contribution is 8.77. The number of hydrogen-bond donors (Lipinski definition) is 4. The third-order valence-corrected chi connectivity index (χ3v) is 10.9. The van der Waals surface area contributed by atoms with Crippen molar-refractivity contribution in [1.82, 2.24) is 5.32 Å². The normalized spacial score (nSPS) is 13.3. The van der Waals surface area contributed by atoms with Gasteiger partial charge in [-0.3, -0.25) is 13.9 Å². The highest BCUT2D eigenvalue weighted by atomic mass is 33.1. The Morgan fingerprint density at radius 1 is 1.05 bits per heavy atom. The van der Waals surface area contributed by atoms with Gasteiger partial charge < -0.3 is 20.2 Å². The van der Waals surface area contributed by atoms with Crippen molar-refractivity contribution >= 4 is 67.3 Å².